The zero-order valence-corrected chi connectivity index (χ0v) is 11.8. The predicted octanol–water partition coefficient (Wildman–Crippen LogP) is 2.05. The van der Waals surface area contributed by atoms with Gasteiger partial charge in [-0.15, -0.1) is 0 Å². The van der Waals surface area contributed by atoms with Gasteiger partial charge in [-0.25, -0.2) is 0 Å². The molecule has 1 aromatic carbocycles. The highest BCUT2D eigenvalue weighted by Gasteiger charge is 2.14. The van der Waals surface area contributed by atoms with E-state index in [4.69, 9.17) is 5.11 Å². The number of hydrogen-bond acceptors (Lipinski definition) is 2. The van der Waals surface area contributed by atoms with Crippen molar-refractivity contribution in [2.24, 2.45) is 5.92 Å². The molecule has 0 aliphatic rings. The summed E-state index contributed by atoms with van der Waals surface area (Å²) in [6.45, 7) is 3.61. The highest BCUT2D eigenvalue weighted by Crippen LogP contribution is 2.14. The highest BCUT2D eigenvalue weighted by molar-refractivity contribution is 14.1. The van der Waals surface area contributed by atoms with E-state index in [0.717, 1.165) is 9.13 Å². The van der Waals surface area contributed by atoms with Gasteiger partial charge in [0.1, 0.15) is 0 Å². The Morgan fingerprint density at radius 1 is 1.47 bits per heavy atom. The molecule has 17 heavy (non-hydrogen) atoms. The second-order valence-corrected chi connectivity index (χ2v) is 5.09. The van der Waals surface area contributed by atoms with Gasteiger partial charge in [0.15, 0.2) is 0 Å². The topological polar surface area (TPSA) is 66.4 Å². The highest BCUT2D eigenvalue weighted by atomic mass is 127. The van der Waals surface area contributed by atoms with Crippen molar-refractivity contribution in [3.8, 4) is 0 Å². The third-order valence-electron chi connectivity index (χ3n) is 2.36. The lowest BCUT2D eigenvalue weighted by atomic mass is 10.1. The van der Waals surface area contributed by atoms with E-state index in [1.54, 1.807) is 13.0 Å². The fourth-order valence-electron chi connectivity index (χ4n) is 1.24. The molecule has 0 saturated carbocycles. The molecule has 1 atom stereocenters. The molecule has 0 spiro atoms. The number of rotatable bonds is 4. The van der Waals surface area contributed by atoms with Crippen LogP contribution in [0.25, 0.3) is 0 Å². The van der Waals surface area contributed by atoms with Crippen LogP contribution in [0, 0.1) is 16.4 Å². The Labute approximate surface area is 114 Å². The first kappa shape index (κ1) is 14.0. The maximum absolute atomic E-state index is 11.8. The predicted molar refractivity (Wildman–Crippen MR) is 73.0 cm³/mol. The summed E-state index contributed by atoms with van der Waals surface area (Å²) in [6, 6.07) is 5.59. The minimum Gasteiger partial charge on any atom is -0.481 e. The second-order valence-electron chi connectivity index (χ2n) is 3.93. The molecule has 2 N–H and O–H groups in total. The number of carboxylic acid groups (broad SMARTS) is 1. The van der Waals surface area contributed by atoms with Crippen molar-refractivity contribution in [1.82, 2.24) is 5.32 Å². The lowest BCUT2D eigenvalue weighted by Gasteiger charge is -2.10. The van der Waals surface area contributed by atoms with E-state index in [1.807, 2.05) is 19.1 Å². The first-order valence-electron chi connectivity index (χ1n) is 5.19. The van der Waals surface area contributed by atoms with Crippen LogP contribution >= 0.6 is 22.6 Å². The SMILES string of the molecule is Cc1ccc(I)c(C(=O)NCC(C)C(=O)O)c1. The fourth-order valence-corrected chi connectivity index (χ4v) is 1.82. The van der Waals surface area contributed by atoms with Crippen molar-refractivity contribution in [2.75, 3.05) is 6.54 Å². The van der Waals surface area contributed by atoms with Gasteiger partial charge in [-0.2, -0.15) is 0 Å². The van der Waals surface area contributed by atoms with E-state index >= 15 is 0 Å². The second kappa shape index (κ2) is 6.00. The van der Waals surface area contributed by atoms with Crippen LogP contribution in [0.15, 0.2) is 18.2 Å². The molecule has 5 heteroatoms. The molecule has 0 saturated heterocycles. The third kappa shape index (κ3) is 3.99. The average molecular weight is 347 g/mol. The number of amides is 1. The fraction of sp³-hybridized carbons (Fsp3) is 0.333. The van der Waals surface area contributed by atoms with Gasteiger partial charge in [-0.05, 0) is 41.6 Å². The lowest BCUT2D eigenvalue weighted by Crippen LogP contribution is -2.31. The number of carbonyl (C=O) groups is 2. The Morgan fingerprint density at radius 3 is 2.71 bits per heavy atom. The first-order valence-corrected chi connectivity index (χ1v) is 6.27. The molecule has 0 aromatic heterocycles. The quantitative estimate of drug-likeness (QED) is 0.820. The molecule has 0 aliphatic heterocycles. The van der Waals surface area contributed by atoms with Crippen LogP contribution in [0.4, 0.5) is 0 Å². The van der Waals surface area contributed by atoms with Gasteiger partial charge >= 0.3 is 5.97 Å². The lowest BCUT2D eigenvalue weighted by molar-refractivity contribution is -0.140. The summed E-state index contributed by atoms with van der Waals surface area (Å²) >= 11 is 2.09. The molecule has 92 valence electrons. The molecule has 0 fully saturated rings. The van der Waals surface area contributed by atoms with E-state index in [0.29, 0.717) is 5.56 Å². The van der Waals surface area contributed by atoms with E-state index < -0.39 is 11.9 Å². The molecule has 1 amide bonds. The first-order chi connectivity index (χ1) is 7.91. The Morgan fingerprint density at radius 2 is 2.12 bits per heavy atom. The van der Waals surface area contributed by atoms with Crippen LogP contribution in [0.1, 0.15) is 22.8 Å². The summed E-state index contributed by atoms with van der Waals surface area (Å²) in [5.74, 6) is -1.73. The largest absolute Gasteiger partial charge is 0.481 e. The third-order valence-corrected chi connectivity index (χ3v) is 3.30. The molecule has 1 rings (SSSR count). The van der Waals surface area contributed by atoms with Gasteiger partial charge in [-0.3, -0.25) is 9.59 Å². The van der Waals surface area contributed by atoms with Crippen LogP contribution in [0.3, 0.4) is 0 Å². The number of carbonyl (C=O) groups excluding carboxylic acids is 1. The van der Waals surface area contributed by atoms with Crippen LogP contribution in [0.2, 0.25) is 0 Å². The van der Waals surface area contributed by atoms with Crippen molar-refractivity contribution in [3.63, 3.8) is 0 Å². The van der Waals surface area contributed by atoms with E-state index in [2.05, 4.69) is 27.9 Å². The van der Waals surface area contributed by atoms with Crippen LogP contribution in [0.5, 0.6) is 0 Å². The number of carboxylic acids is 1. The Bertz CT molecular complexity index is 445. The van der Waals surface area contributed by atoms with Gasteiger partial charge in [0.05, 0.1) is 11.5 Å². The van der Waals surface area contributed by atoms with Gasteiger partial charge in [0.2, 0.25) is 0 Å². The van der Waals surface area contributed by atoms with Crippen LogP contribution in [-0.2, 0) is 4.79 Å². The zero-order chi connectivity index (χ0) is 13.0. The molecule has 0 heterocycles. The molecule has 1 aromatic rings. The van der Waals surface area contributed by atoms with E-state index in [1.165, 1.54) is 0 Å². The Hall–Kier alpha value is -1.11. The average Bonchev–Trinajstić information content (AvgIpc) is 2.28. The number of aliphatic carboxylic acids is 1. The van der Waals surface area contributed by atoms with Gasteiger partial charge < -0.3 is 10.4 Å². The summed E-state index contributed by atoms with van der Waals surface area (Å²) < 4.78 is 0.855. The van der Waals surface area contributed by atoms with Gasteiger partial charge in [-0.1, -0.05) is 18.6 Å². The van der Waals surface area contributed by atoms with Crippen LogP contribution in [-0.4, -0.2) is 23.5 Å². The number of halogens is 1. The molecule has 0 aliphatic carbocycles. The minimum atomic E-state index is -0.913. The van der Waals surface area contributed by atoms with Gasteiger partial charge in [0, 0.05) is 10.1 Å². The zero-order valence-electron chi connectivity index (χ0n) is 9.66. The molecule has 1 unspecified atom stereocenters. The van der Waals surface area contributed by atoms with Crippen molar-refractivity contribution in [3.05, 3.63) is 32.9 Å². The summed E-state index contributed by atoms with van der Waals surface area (Å²) in [6.07, 6.45) is 0. The minimum absolute atomic E-state index is 0.137. The normalized spacial score (nSPS) is 11.9. The molecular weight excluding hydrogens is 333 g/mol. The van der Waals surface area contributed by atoms with Crippen LogP contribution < -0.4 is 5.32 Å². The molecule has 0 bridgehead atoms. The summed E-state index contributed by atoms with van der Waals surface area (Å²) in [4.78, 5) is 22.5. The maximum Gasteiger partial charge on any atom is 0.308 e. The van der Waals surface area contributed by atoms with Crippen molar-refractivity contribution in [1.29, 1.82) is 0 Å². The standard InChI is InChI=1S/C12H14INO3/c1-7-3-4-10(13)9(5-7)11(15)14-6-8(2)12(16)17/h3-5,8H,6H2,1-2H3,(H,14,15)(H,16,17). The number of nitrogens with one attached hydrogen (secondary N) is 1. The van der Waals surface area contributed by atoms with E-state index in [9.17, 15) is 9.59 Å². The van der Waals surface area contributed by atoms with Crippen molar-refractivity contribution >= 4 is 34.5 Å². The van der Waals surface area contributed by atoms with Crippen molar-refractivity contribution in [2.45, 2.75) is 13.8 Å². The Kier molecular flexibility index (Phi) is 4.92. The molecular formula is C12H14INO3. The monoisotopic (exact) mass is 347 g/mol. The summed E-state index contributed by atoms with van der Waals surface area (Å²) in [5, 5.41) is 11.3. The Balaban J connectivity index is 2.70. The van der Waals surface area contributed by atoms with E-state index in [-0.39, 0.29) is 12.5 Å². The molecule has 4 nitrogen and oxygen atoms in total. The smallest absolute Gasteiger partial charge is 0.308 e. The maximum atomic E-state index is 11.8. The number of benzene rings is 1. The number of hydrogen-bond donors (Lipinski definition) is 2. The molecule has 0 radical (unpaired) electrons. The summed E-state index contributed by atoms with van der Waals surface area (Å²) in [7, 11) is 0. The van der Waals surface area contributed by atoms with Gasteiger partial charge in [0.25, 0.3) is 5.91 Å². The number of aryl methyl sites for hydroxylation is 1. The van der Waals surface area contributed by atoms with Crippen molar-refractivity contribution < 1.29 is 14.7 Å². The summed E-state index contributed by atoms with van der Waals surface area (Å²) in [5.41, 5.74) is 1.59.